The predicted octanol–water partition coefficient (Wildman–Crippen LogP) is 1.19. The van der Waals surface area contributed by atoms with Gasteiger partial charge in [0.15, 0.2) is 5.76 Å². The zero-order valence-electron chi connectivity index (χ0n) is 7.31. The Hall–Kier alpha value is -0.990. The van der Waals surface area contributed by atoms with Gasteiger partial charge in [0, 0.05) is 0 Å². The number of nitrogens with two attached hydrogens (primary N) is 1. The highest BCUT2D eigenvalue weighted by Crippen LogP contribution is 2.12. The van der Waals surface area contributed by atoms with Gasteiger partial charge in [0.05, 0.1) is 7.11 Å². The predicted molar refractivity (Wildman–Crippen MR) is 43.8 cm³/mol. The molecule has 1 amide bonds. The molecule has 0 unspecified atom stereocenters. The van der Waals surface area contributed by atoms with E-state index in [0.29, 0.717) is 5.76 Å². The lowest BCUT2D eigenvalue weighted by Gasteiger charge is -2.07. The Balaban J connectivity index is 4.62. The van der Waals surface area contributed by atoms with Gasteiger partial charge in [-0.05, 0) is 18.4 Å². The maximum absolute atomic E-state index is 10.7. The molecule has 0 rings (SSSR count). The van der Waals surface area contributed by atoms with Gasteiger partial charge >= 0.3 is 0 Å². The van der Waals surface area contributed by atoms with Crippen molar-refractivity contribution in [3.05, 3.63) is 11.3 Å². The molecule has 64 valence electrons. The zero-order chi connectivity index (χ0) is 8.85. The van der Waals surface area contributed by atoms with Crippen molar-refractivity contribution in [2.75, 3.05) is 7.11 Å². The summed E-state index contributed by atoms with van der Waals surface area (Å²) >= 11 is 0. The van der Waals surface area contributed by atoms with E-state index in [0.717, 1.165) is 18.4 Å². The van der Waals surface area contributed by atoms with Gasteiger partial charge in [0.25, 0.3) is 5.91 Å². The van der Waals surface area contributed by atoms with E-state index in [-0.39, 0.29) is 0 Å². The number of methoxy groups -OCH3 is 1. The Kier molecular flexibility index (Phi) is 4.34. The Morgan fingerprint density at radius 2 is 1.82 bits per heavy atom. The van der Waals surface area contributed by atoms with E-state index in [2.05, 4.69) is 0 Å². The van der Waals surface area contributed by atoms with Crippen LogP contribution in [0.25, 0.3) is 0 Å². The lowest BCUT2D eigenvalue weighted by atomic mass is 10.1. The van der Waals surface area contributed by atoms with Crippen molar-refractivity contribution in [2.24, 2.45) is 5.73 Å². The normalized spacial score (nSPS) is 9.00. The highest BCUT2D eigenvalue weighted by Gasteiger charge is 2.09. The lowest BCUT2D eigenvalue weighted by Crippen LogP contribution is -2.17. The Morgan fingerprint density at radius 1 is 1.36 bits per heavy atom. The van der Waals surface area contributed by atoms with Gasteiger partial charge in [-0.1, -0.05) is 13.8 Å². The number of hydrogen-bond donors (Lipinski definition) is 1. The van der Waals surface area contributed by atoms with Crippen molar-refractivity contribution in [3.63, 3.8) is 0 Å². The third-order valence-electron chi connectivity index (χ3n) is 1.60. The van der Waals surface area contributed by atoms with Crippen LogP contribution in [-0.4, -0.2) is 13.0 Å². The molecule has 0 atom stereocenters. The van der Waals surface area contributed by atoms with Crippen LogP contribution in [-0.2, 0) is 9.53 Å². The Labute approximate surface area is 67.2 Å². The highest BCUT2D eigenvalue weighted by molar-refractivity contribution is 5.90. The first kappa shape index (κ1) is 10.0. The second kappa shape index (κ2) is 4.77. The van der Waals surface area contributed by atoms with Crippen LogP contribution in [0, 0.1) is 0 Å². The van der Waals surface area contributed by atoms with E-state index < -0.39 is 5.91 Å². The van der Waals surface area contributed by atoms with E-state index >= 15 is 0 Å². The van der Waals surface area contributed by atoms with E-state index in [4.69, 9.17) is 10.5 Å². The van der Waals surface area contributed by atoms with Gasteiger partial charge in [-0.15, -0.1) is 0 Å². The minimum absolute atomic E-state index is 0.315. The molecule has 0 aromatic rings. The monoisotopic (exact) mass is 157 g/mol. The second-order valence-electron chi connectivity index (χ2n) is 2.21. The van der Waals surface area contributed by atoms with Crippen LogP contribution in [0.5, 0.6) is 0 Å². The number of carbonyl (C=O) groups is 1. The molecule has 3 nitrogen and oxygen atoms in total. The molecular weight excluding hydrogens is 142 g/mol. The molecule has 0 aliphatic carbocycles. The molecule has 0 saturated heterocycles. The number of ether oxygens (including phenoxy) is 1. The summed E-state index contributed by atoms with van der Waals surface area (Å²) in [6.45, 7) is 3.95. The number of primary amides is 1. The SMILES string of the molecule is CCC(CC)=C(OC)C(N)=O. The fraction of sp³-hybridized carbons (Fsp3) is 0.625. The summed E-state index contributed by atoms with van der Waals surface area (Å²) in [5.74, 6) is -0.166. The average molecular weight is 157 g/mol. The fourth-order valence-electron chi connectivity index (χ4n) is 0.990. The first-order valence-corrected chi connectivity index (χ1v) is 3.73. The van der Waals surface area contributed by atoms with Crippen LogP contribution in [0.3, 0.4) is 0 Å². The molecule has 0 aliphatic rings. The summed E-state index contributed by atoms with van der Waals surface area (Å²) in [6, 6.07) is 0. The Morgan fingerprint density at radius 3 is 1.91 bits per heavy atom. The van der Waals surface area contributed by atoms with Gasteiger partial charge < -0.3 is 10.5 Å². The molecule has 0 aliphatic heterocycles. The second-order valence-corrected chi connectivity index (χ2v) is 2.21. The van der Waals surface area contributed by atoms with Crippen molar-refractivity contribution in [1.82, 2.24) is 0 Å². The molecule has 0 heterocycles. The molecule has 0 aromatic carbocycles. The third-order valence-corrected chi connectivity index (χ3v) is 1.60. The fourth-order valence-corrected chi connectivity index (χ4v) is 0.990. The molecule has 0 fully saturated rings. The van der Waals surface area contributed by atoms with Crippen LogP contribution in [0.4, 0.5) is 0 Å². The minimum Gasteiger partial charge on any atom is -0.491 e. The molecule has 11 heavy (non-hydrogen) atoms. The molecule has 0 spiro atoms. The van der Waals surface area contributed by atoms with Crippen molar-refractivity contribution in [2.45, 2.75) is 26.7 Å². The highest BCUT2D eigenvalue weighted by atomic mass is 16.5. The molecular formula is C8H15NO2. The quantitative estimate of drug-likeness (QED) is 0.492. The molecule has 0 aromatic heterocycles. The van der Waals surface area contributed by atoms with Crippen LogP contribution in [0.15, 0.2) is 11.3 Å². The molecule has 3 heteroatoms. The number of rotatable bonds is 4. The van der Waals surface area contributed by atoms with Crippen LogP contribution in [0.2, 0.25) is 0 Å². The number of allylic oxidation sites excluding steroid dienone is 1. The van der Waals surface area contributed by atoms with Gasteiger partial charge in [-0.2, -0.15) is 0 Å². The summed E-state index contributed by atoms with van der Waals surface area (Å²) in [6.07, 6.45) is 1.62. The third kappa shape index (κ3) is 2.62. The minimum atomic E-state index is -0.480. The molecule has 0 radical (unpaired) electrons. The average Bonchev–Trinajstić information content (AvgIpc) is 1.99. The first-order valence-electron chi connectivity index (χ1n) is 3.73. The van der Waals surface area contributed by atoms with Crippen molar-refractivity contribution in [1.29, 1.82) is 0 Å². The Bertz CT molecular complexity index is 167. The maximum atomic E-state index is 10.7. The van der Waals surface area contributed by atoms with Crippen LogP contribution < -0.4 is 5.73 Å². The summed E-state index contributed by atoms with van der Waals surface area (Å²) in [5.41, 5.74) is 6.05. The van der Waals surface area contributed by atoms with Crippen molar-refractivity contribution < 1.29 is 9.53 Å². The van der Waals surface area contributed by atoms with E-state index in [9.17, 15) is 4.79 Å². The van der Waals surface area contributed by atoms with Crippen molar-refractivity contribution >= 4 is 5.91 Å². The molecule has 0 bridgehead atoms. The van der Waals surface area contributed by atoms with Gasteiger partial charge in [-0.25, -0.2) is 0 Å². The van der Waals surface area contributed by atoms with Crippen LogP contribution >= 0.6 is 0 Å². The van der Waals surface area contributed by atoms with Gasteiger partial charge in [0.1, 0.15) is 0 Å². The summed E-state index contributed by atoms with van der Waals surface area (Å²) in [7, 11) is 1.46. The maximum Gasteiger partial charge on any atom is 0.283 e. The smallest absolute Gasteiger partial charge is 0.283 e. The van der Waals surface area contributed by atoms with E-state index in [1.165, 1.54) is 7.11 Å². The summed E-state index contributed by atoms with van der Waals surface area (Å²) < 4.78 is 4.86. The number of carbonyl (C=O) groups excluding carboxylic acids is 1. The summed E-state index contributed by atoms with van der Waals surface area (Å²) in [5, 5.41) is 0. The molecule has 0 saturated carbocycles. The first-order chi connectivity index (χ1) is 5.17. The van der Waals surface area contributed by atoms with E-state index in [1.807, 2.05) is 13.8 Å². The summed E-state index contributed by atoms with van der Waals surface area (Å²) in [4.78, 5) is 10.7. The lowest BCUT2D eigenvalue weighted by molar-refractivity contribution is -0.117. The molecule has 2 N–H and O–H groups in total. The van der Waals surface area contributed by atoms with E-state index in [1.54, 1.807) is 0 Å². The van der Waals surface area contributed by atoms with Crippen molar-refractivity contribution in [3.8, 4) is 0 Å². The number of amides is 1. The zero-order valence-corrected chi connectivity index (χ0v) is 7.31. The largest absolute Gasteiger partial charge is 0.491 e. The standard InChI is InChI=1S/C8H15NO2/c1-4-6(5-2)7(11-3)8(9)10/h4-5H2,1-3H3,(H2,9,10). The number of hydrogen-bond acceptors (Lipinski definition) is 2. The van der Waals surface area contributed by atoms with Gasteiger partial charge in [-0.3, -0.25) is 4.79 Å². The van der Waals surface area contributed by atoms with Crippen LogP contribution in [0.1, 0.15) is 26.7 Å². The van der Waals surface area contributed by atoms with Gasteiger partial charge in [0.2, 0.25) is 0 Å². The topological polar surface area (TPSA) is 52.3 Å².